The maximum absolute atomic E-state index is 13.0. The number of nitrogens with zero attached hydrogens (tertiary/aromatic N) is 2. The van der Waals surface area contributed by atoms with E-state index in [9.17, 15) is 9.59 Å². The highest BCUT2D eigenvalue weighted by Gasteiger charge is 2.44. The number of carbonyl (C=O) groups excluding carboxylic acids is 2. The van der Waals surface area contributed by atoms with Crippen LogP contribution >= 0.6 is 0 Å². The van der Waals surface area contributed by atoms with Gasteiger partial charge < -0.3 is 15.2 Å². The lowest BCUT2D eigenvalue weighted by molar-refractivity contribution is -0.125. The van der Waals surface area contributed by atoms with Gasteiger partial charge in [-0.1, -0.05) is 29.8 Å². The molecule has 2 amide bonds. The molecule has 2 aromatic heterocycles. The molecule has 6 heteroatoms. The van der Waals surface area contributed by atoms with E-state index in [-0.39, 0.29) is 29.2 Å². The molecule has 0 radical (unpaired) electrons. The van der Waals surface area contributed by atoms with Crippen LogP contribution in [-0.2, 0) is 4.79 Å². The number of hydrogen-bond donors (Lipinski definition) is 2. The number of fused-ring (bicyclic) bond motifs is 1. The van der Waals surface area contributed by atoms with Crippen LogP contribution in [0.2, 0.25) is 0 Å². The van der Waals surface area contributed by atoms with E-state index in [4.69, 9.17) is 0 Å². The molecule has 3 aromatic rings. The lowest BCUT2D eigenvalue weighted by Gasteiger charge is -2.39. The van der Waals surface area contributed by atoms with Gasteiger partial charge in [0.2, 0.25) is 5.91 Å². The third-order valence-electron chi connectivity index (χ3n) is 7.74. The van der Waals surface area contributed by atoms with Crippen LogP contribution in [0.15, 0.2) is 48.7 Å². The van der Waals surface area contributed by atoms with Crippen LogP contribution in [0.3, 0.4) is 0 Å². The first-order chi connectivity index (χ1) is 15.9. The van der Waals surface area contributed by atoms with Crippen molar-refractivity contribution in [2.45, 2.75) is 52.0 Å². The van der Waals surface area contributed by atoms with E-state index in [1.165, 1.54) is 5.56 Å². The van der Waals surface area contributed by atoms with Crippen molar-refractivity contribution in [3.63, 3.8) is 0 Å². The zero-order chi connectivity index (χ0) is 23.0. The highest BCUT2D eigenvalue weighted by molar-refractivity contribution is 5.97. The zero-order valence-electron chi connectivity index (χ0n) is 19.4. The minimum Gasteiger partial charge on any atom is -0.349 e. The van der Waals surface area contributed by atoms with Crippen molar-refractivity contribution in [3.8, 4) is 0 Å². The van der Waals surface area contributed by atoms with Crippen LogP contribution in [0.25, 0.3) is 11.0 Å². The van der Waals surface area contributed by atoms with Crippen molar-refractivity contribution >= 4 is 22.8 Å². The Morgan fingerprint density at radius 3 is 2.64 bits per heavy atom. The average Bonchev–Trinajstić information content (AvgIpc) is 3.44. The first-order valence-electron chi connectivity index (χ1n) is 12.0. The van der Waals surface area contributed by atoms with E-state index in [2.05, 4.69) is 53.4 Å². The van der Waals surface area contributed by atoms with Gasteiger partial charge >= 0.3 is 0 Å². The standard InChI is InChI=1S/C27H32N4O2/c1-18-5-7-20(8-6-18)19(2)29-25(32)21-9-10-27(17-21)11-14-31(15-12-27)26(33)24-16-23-22(30-24)4-3-13-28-23/h3-8,13,16,19,21,30H,9-12,14-15,17H2,1-2H3,(H,29,32). The summed E-state index contributed by atoms with van der Waals surface area (Å²) in [6.45, 7) is 5.61. The van der Waals surface area contributed by atoms with E-state index < -0.39 is 0 Å². The van der Waals surface area contributed by atoms with E-state index in [1.54, 1.807) is 6.20 Å². The fourth-order valence-electron chi connectivity index (χ4n) is 5.58. The SMILES string of the molecule is Cc1ccc(C(C)NC(=O)C2CCC3(CCN(C(=O)c4cc5ncccc5[nH]4)CC3)C2)cc1. The van der Waals surface area contributed by atoms with Crippen molar-refractivity contribution in [3.05, 3.63) is 65.5 Å². The summed E-state index contributed by atoms with van der Waals surface area (Å²) in [6, 6.07) is 14.0. The Morgan fingerprint density at radius 1 is 1.15 bits per heavy atom. The molecule has 1 aromatic carbocycles. The molecule has 172 valence electrons. The third-order valence-corrected chi connectivity index (χ3v) is 7.74. The van der Waals surface area contributed by atoms with Crippen molar-refractivity contribution in [2.75, 3.05) is 13.1 Å². The Bertz CT molecular complexity index is 1130. The molecular weight excluding hydrogens is 412 g/mol. The van der Waals surface area contributed by atoms with Crippen LogP contribution in [0, 0.1) is 18.3 Å². The molecule has 33 heavy (non-hydrogen) atoms. The number of H-pyrrole nitrogens is 1. The van der Waals surface area contributed by atoms with Crippen molar-refractivity contribution < 1.29 is 9.59 Å². The fourth-order valence-corrected chi connectivity index (χ4v) is 5.58. The van der Waals surface area contributed by atoms with Crippen molar-refractivity contribution in [2.24, 2.45) is 11.3 Å². The molecule has 1 spiro atoms. The number of nitrogens with one attached hydrogen (secondary N) is 2. The van der Waals surface area contributed by atoms with Gasteiger partial charge in [-0.3, -0.25) is 14.6 Å². The number of piperidine rings is 1. The normalized spacial score (nSPS) is 20.8. The molecule has 0 bridgehead atoms. The number of amides is 2. The second kappa shape index (κ2) is 8.65. The number of benzene rings is 1. The number of aromatic amines is 1. The predicted octanol–water partition coefficient (Wildman–Crippen LogP) is 4.77. The Labute approximate surface area is 194 Å². The minimum absolute atomic E-state index is 0.0138. The van der Waals surface area contributed by atoms with Gasteiger partial charge in [-0.15, -0.1) is 0 Å². The molecule has 6 nitrogen and oxygen atoms in total. The van der Waals surface area contributed by atoms with Gasteiger partial charge in [-0.05, 0) is 75.1 Å². The summed E-state index contributed by atoms with van der Waals surface area (Å²) >= 11 is 0. The molecule has 2 atom stereocenters. The molecule has 2 unspecified atom stereocenters. The lowest BCUT2D eigenvalue weighted by Crippen LogP contribution is -2.43. The first kappa shape index (κ1) is 21.7. The summed E-state index contributed by atoms with van der Waals surface area (Å²) in [7, 11) is 0. The summed E-state index contributed by atoms with van der Waals surface area (Å²) in [4.78, 5) is 35.5. The number of rotatable bonds is 4. The van der Waals surface area contributed by atoms with Crippen LogP contribution in [0.5, 0.6) is 0 Å². The molecule has 5 rings (SSSR count). The number of likely N-dealkylation sites (tertiary alicyclic amines) is 1. The molecule has 2 fully saturated rings. The third kappa shape index (κ3) is 4.39. The van der Waals surface area contributed by atoms with Gasteiger partial charge in [0.1, 0.15) is 5.69 Å². The quantitative estimate of drug-likeness (QED) is 0.608. The molecule has 2 N–H and O–H groups in total. The Morgan fingerprint density at radius 2 is 1.91 bits per heavy atom. The van der Waals surface area contributed by atoms with Gasteiger partial charge in [-0.25, -0.2) is 0 Å². The summed E-state index contributed by atoms with van der Waals surface area (Å²) in [5, 5.41) is 3.23. The van der Waals surface area contributed by atoms with Crippen molar-refractivity contribution in [1.29, 1.82) is 0 Å². The number of aryl methyl sites for hydroxylation is 1. The Balaban J connectivity index is 1.16. The highest BCUT2D eigenvalue weighted by atomic mass is 16.2. The van der Waals surface area contributed by atoms with Crippen LogP contribution in [0.1, 0.15) is 66.7 Å². The topological polar surface area (TPSA) is 78.1 Å². The number of hydrogen-bond acceptors (Lipinski definition) is 3. The van der Waals surface area contributed by atoms with Crippen LogP contribution in [-0.4, -0.2) is 39.8 Å². The molecule has 1 aliphatic heterocycles. The van der Waals surface area contributed by atoms with Gasteiger partial charge in [0.25, 0.3) is 5.91 Å². The van der Waals surface area contributed by atoms with Crippen LogP contribution in [0.4, 0.5) is 0 Å². The molecule has 2 aliphatic rings. The van der Waals surface area contributed by atoms with Gasteiger partial charge in [0.05, 0.1) is 17.1 Å². The van der Waals surface area contributed by atoms with Gasteiger partial charge in [0.15, 0.2) is 0 Å². The number of aromatic nitrogens is 2. The summed E-state index contributed by atoms with van der Waals surface area (Å²) < 4.78 is 0. The maximum atomic E-state index is 13.0. The number of carbonyl (C=O) groups is 2. The molecule has 3 heterocycles. The van der Waals surface area contributed by atoms with E-state index in [0.29, 0.717) is 5.69 Å². The fraction of sp³-hybridized carbons (Fsp3) is 0.444. The van der Waals surface area contributed by atoms with E-state index in [0.717, 1.165) is 61.8 Å². The molecule has 1 saturated carbocycles. The average molecular weight is 445 g/mol. The largest absolute Gasteiger partial charge is 0.349 e. The monoisotopic (exact) mass is 444 g/mol. The Kier molecular flexibility index (Phi) is 5.69. The summed E-state index contributed by atoms with van der Waals surface area (Å²) in [5.41, 5.74) is 4.86. The smallest absolute Gasteiger partial charge is 0.270 e. The van der Waals surface area contributed by atoms with E-state index in [1.807, 2.05) is 23.1 Å². The second-order valence-electron chi connectivity index (χ2n) is 9.99. The predicted molar refractivity (Wildman–Crippen MR) is 129 cm³/mol. The molecule has 1 saturated heterocycles. The molecular formula is C27H32N4O2. The molecule has 1 aliphatic carbocycles. The van der Waals surface area contributed by atoms with Gasteiger partial charge in [0, 0.05) is 25.2 Å². The lowest BCUT2D eigenvalue weighted by atomic mass is 9.76. The highest BCUT2D eigenvalue weighted by Crippen LogP contribution is 2.49. The van der Waals surface area contributed by atoms with Crippen LogP contribution < -0.4 is 5.32 Å². The first-order valence-corrected chi connectivity index (χ1v) is 12.0. The number of pyridine rings is 1. The second-order valence-corrected chi connectivity index (χ2v) is 9.99. The van der Waals surface area contributed by atoms with Crippen molar-refractivity contribution in [1.82, 2.24) is 20.2 Å². The Hall–Kier alpha value is -3.15. The van der Waals surface area contributed by atoms with E-state index >= 15 is 0 Å². The minimum atomic E-state index is 0.0138. The summed E-state index contributed by atoms with van der Waals surface area (Å²) in [5.74, 6) is 0.283. The maximum Gasteiger partial charge on any atom is 0.270 e. The van der Waals surface area contributed by atoms with Gasteiger partial charge in [-0.2, -0.15) is 0 Å². The zero-order valence-corrected chi connectivity index (χ0v) is 19.4. The summed E-state index contributed by atoms with van der Waals surface area (Å²) in [6.07, 6.45) is 6.61.